The van der Waals surface area contributed by atoms with Crippen LogP contribution in [0.2, 0.25) is 0 Å². The van der Waals surface area contributed by atoms with E-state index in [-0.39, 0.29) is 11.5 Å². The van der Waals surface area contributed by atoms with Crippen molar-refractivity contribution in [1.82, 2.24) is 20.0 Å². The van der Waals surface area contributed by atoms with Crippen molar-refractivity contribution in [2.24, 2.45) is 5.92 Å². The maximum atomic E-state index is 12.9. The fraction of sp³-hybridized carbons (Fsp3) is 0.565. The van der Waals surface area contributed by atoms with E-state index < -0.39 is 11.9 Å². The lowest BCUT2D eigenvalue weighted by atomic mass is 9.95. The Bertz CT molecular complexity index is 970. The van der Waals surface area contributed by atoms with Gasteiger partial charge < -0.3 is 14.4 Å². The Morgan fingerprint density at radius 1 is 1.30 bits per heavy atom. The predicted octanol–water partition coefficient (Wildman–Crippen LogP) is 4.72. The Labute approximate surface area is 178 Å². The molecule has 0 radical (unpaired) electrons. The van der Waals surface area contributed by atoms with E-state index in [1.54, 1.807) is 13.0 Å². The van der Waals surface area contributed by atoms with Crippen LogP contribution in [0.15, 0.2) is 16.2 Å². The highest BCUT2D eigenvalue weighted by Gasteiger charge is 2.26. The molecule has 0 aliphatic heterocycles. The van der Waals surface area contributed by atoms with Crippen LogP contribution in [0.4, 0.5) is 0 Å². The number of aromatic nitrogens is 3. The number of carbonyl (C=O) groups is 1. The summed E-state index contributed by atoms with van der Waals surface area (Å²) >= 11 is 0. The van der Waals surface area contributed by atoms with Gasteiger partial charge in [0.05, 0.1) is 0 Å². The molecule has 2 aromatic rings. The Morgan fingerprint density at radius 2 is 2.00 bits per heavy atom. The molecule has 0 bridgehead atoms. The minimum atomic E-state index is -0.454. The minimum absolute atomic E-state index is 0.0325. The zero-order valence-electron chi connectivity index (χ0n) is 18.5. The highest BCUT2D eigenvalue weighted by Crippen LogP contribution is 2.32. The molecule has 1 amide bonds. The summed E-state index contributed by atoms with van der Waals surface area (Å²) in [5.74, 6) is 0.458. The third-order valence-electron chi connectivity index (χ3n) is 5.89. The number of carbonyl (C=O) groups excluding carboxylic acids is 1. The first kappa shape index (κ1) is 21.8. The monoisotopic (exact) mass is 409 g/mol. The van der Waals surface area contributed by atoms with Crippen molar-refractivity contribution in [3.05, 3.63) is 40.3 Å². The maximum absolute atomic E-state index is 12.9. The molecule has 1 N–H and O–H groups in total. The Morgan fingerprint density at radius 3 is 2.57 bits per heavy atom. The van der Waals surface area contributed by atoms with Gasteiger partial charge in [-0.15, -0.1) is 0 Å². The highest BCUT2D eigenvalue weighted by atomic mass is 16.5. The van der Waals surface area contributed by atoms with Gasteiger partial charge in [0, 0.05) is 17.4 Å². The first-order chi connectivity index (χ1) is 14.3. The van der Waals surface area contributed by atoms with Gasteiger partial charge in [0.25, 0.3) is 5.91 Å². The van der Waals surface area contributed by atoms with Crippen LogP contribution in [0.1, 0.15) is 86.7 Å². The molecule has 2 aromatic heterocycles. The van der Waals surface area contributed by atoms with Crippen molar-refractivity contribution in [2.75, 3.05) is 0 Å². The zero-order chi connectivity index (χ0) is 21.8. The van der Waals surface area contributed by atoms with Gasteiger partial charge in [-0.2, -0.15) is 10.2 Å². The summed E-state index contributed by atoms with van der Waals surface area (Å²) < 4.78 is 7.62. The van der Waals surface area contributed by atoms with Crippen LogP contribution in [0.5, 0.6) is 0 Å². The first-order valence-electron chi connectivity index (χ1n) is 10.7. The van der Waals surface area contributed by atoms with Crippen LogP contribution < -0.4 is 5.32 Å². The van der Waals surface area contributed by atoms with Crippen LogP contribution in [0, 0.1) is 38.0 Å². The molecule has 1 aliphatic carbocycles. The van der Waals surface area contributed by atoms with Crippen molar-refractivity contribution in [3.8, 4) is 6.07 Å². The fourth-order valence-corrected chi connectivity index (χ4v) is 4.33. The average molecular weight is 410 g/mol. The van der Waals surface area contributed by atoms with Gasteiger partial charge in [-0.1, -0.05) is 38.3 Å². The second-order valence-corrected chi connectivity index (χ2v) is 8.53. The number of amides is 1. The van der Waals surface area contributed by atoms with E-state index >= 15 is 0 Å². The van der Waals surface area contributed by atoms with E-state index in [4.69, 9.17) is 4.52 Å². The standard InChI is InChI=1S/C23H31N5O2/c1-14(2)21(23-25-17(5)27-30-23)26-22(29)19(13-24)12-18-11-15(3)28(16(18)4)20-9-7-6-8-10-20/h11-12,14,20-21H,6-10H2,1-5H3,(H,26,29)/b19-12+. The van der Waals surface area contributed by atoms with E-state index in [0.717, 1.165) is 11.3 Å². The number of aryl methyl sites for hydroxylation is 2. The van der Waals surface area contributed by atoms with Crippen molar-refractivity contribution in [1.29, 1.82) is 5.26 Å². The quantitative estimate of drug-likeness (QED) is 0.550. The van der Waals surface area contributed by atoms with Gasteiger partial charge in [0.15, 0.2) is 5.82 Å². The van der Waals surface area contributed by atoms with Crippen molar-refractivity contribution >= 4 is 12.0 Å². The van der Waals surface area contributed by atoms with Gasteiger partial charge in [-0.3, -0.25) is 4.79 Å². The molecular formula is C23H31N5O2. The number of rotatable bonds is 6. The lowest BCUT2D eigenvalue weighted by molar-refractivity contribution is -0.118. The Hall–Kier alpha value is -2.88. The van der Waals surface area contributed by atoms with Gasteiger partial charge in [-0.05, 0) is 57.2 Å². The highest BCUT2D eigenvalue weighted by molar-refractivity contribution is 6.02. The van der Waals surface area contributed by atoms with Gasteiger partial charge >= 0.3 is 0 Å². The topological polar surface area (TPSA) is 96.7 Å². The van der Waals surface area contributed by atoms with E-state index in [9.17, 15) is 10.1 Å². The fourth-order valence-electron chi connectivity index (χ4n) is 4.33. The van der Waals surface area contributed by atoms with Gasteiger partial charge in [0.1, 0.15) is 17.7 Å². The number of nitrogens with one attached hydrogen (secondary N) is 1. The third-order valence-corrected chi connectivity index (χ3v) is 5.89. The van der Waals surface area contributed by atoms with Crippen LogP contribution >= 0.6 is 0 Å². The van der Waals surface area contributed by atoms with E-state index in [2.05, 4.69) is 46.0 Å². The molecule has 7 heteroatoms. The van der Waals surface area contributed by atoms with E-state index in [0.29, 0.717) is 17.8 Å². The van der Waals surface area contributed by atoms with Crippen molar-refractivity contribution < 1.29 is 9.32 Å². The molecule has 0 aromatic carbocycles. The largest absolute Gasteiger partial charge is 0.346 e. The normalized spacial score (nSPS) is 16.5. The number of hydrogen-bond donors (Lipinski definition) is 1. The summed E-state index contributed by atoms with van der Waals surface area (Å²) in [4.78, 5) is 17.1. The molecule has 160 valence electrons. The van der Waals surface area contributed by atoms with Crippen LogP contribution in [-0.4, -0.2) is 20.6 Å². The minimum Gasteiger partial charge on any atom is -0.346 e. The molecule has 0 spiro atoms. The molecule has 1 fully saturated rings. The number of nitriles is 1. The maximum Gasteiger partial charge on any atom is 0.262 e. The summed E-state index contributed by atoms with van der Waals surface area (Å²) in [6.45, 7) is 9.81. The second-order valence-electron chi connectivity index (χ2n) is 8.53. The van der Waals surface area contributed by atoms with E-state index in [1.807, 2.05) is 13.8 Å². The predicted molar refractivity (Wildman–Crippen MR) is 114 cm³/mol. The SMILES string of the molecule is Cc1noc(C(NC(=O)/C(C#N)=C/c2cc(C)n(C3CCCCC3)c2C)C(C)C)n1. The summed E-state index contributed by atoms with van der Waals surface area (Å²) in [5.41, 5.74) is 3.26. The number of nitrogens with zero attached hydrogens (tertiary/aromatic N) is 4. The summed E-state index contributed by atoms with van der Waals surface area (Å²) in [6.07, 6.45) is 7.87. The first-order valence-corrected chi connectivity index (χ1v) is 10.7. The lowest BCUT2D eigenvalue weighted by Crippen LogP contribution is -2.32. The molecule has 2 heterocycles. The summed E-state index contributed by atoms with van der Waals surface area (Å²) in [5, 5.41) is 16.4. The van der Waals surface area contributed by atoms with E-state index in [1.165, 1.54) is 37.8 Å². The average Bonchev–Trinajstić information content (AvgIpc) is 3.26. The van der Waals surface area contributed by atoms with Crippen molar-refractivity contribution in [2.45, 2.75) is 78.8 Å². The van der Waals surface area contributed by atoms with Crippen molar-refractivity contribution in [3.63, 3.8) is 0 Å². The van der Waals surface area contributed by atoms with Gasteiger partial charge in [0.2, 0.25) is 5.89 Å². The van der Waals surface area contributed by atoms with Crippen LogP contribution in [0.25, 0.3) is 6.08 Å². The van der Waals surface area contributed by atoms with Crippen LogP contribution in [-0.2, 0) is 4.79 Å². The smallest absolute Gasteiger partial charge is 0.262 e. The molecular weight excluding hydrogens is 378 g/mol. The molecule has 0 saturated heterocycles. The summed E-state index contributed by atoms with van der Waals surface area (Å²) in [6, 6.07) is 4.18. The Kier molecular flexibility index (Phi) is 6.76. The molecule has 30 heavy (non-hydrogen) atoms. The van der Waals surface area contributed by atoms with Crippen LogP contribution in [0.3, 0.4) is 0 Å². The molecule has 1 atom stereocenters. The van der Waals surface area contributed by atoms with Gasteiger partial charge in [-0.25, -0.2) is 0 Å². The number of hydrogen-bond acceptors (Lipinski definition) is 5. The summed E-state index contributed by atoms with van der Waals surface area (Å²) in [7, 11) is 0. The third kappa shape index (κ3) is 4.64. The molecule has 1 saturated carbocycles. The Balaban J connectivity index is 1.84. The lowest BCUT2D eigenvalue weighted by Gasteiger charge is -2.26. The molecule has 3 rings (SSSR count). The molecule has 1 aliphatic rings. The molecule has 7 nitrogen and oxygen atoms in total. The zero-order valence-corrected chi connectivity index (χ0v) is 18.5. The molecule has 1 unspecified atom stereocenters. The second kappa shape index (κ2) is 9.29.